The number of halogens is 1. The van der Waals surface area contributed by atoms with Gasteiger partial charge in [-0.25, -0.2) is 4.98 Å². The van der Waals surface area contributed by atoms with Crippen molar-refractivity contribution in [2.45, 2.75) is 31.2 Å². The van der Waals surface area contributed by atoms with E-state index in [2.05, 4.69) is 20.9 Å². The minimum absolute atomic E-state index is 0.395. The van der Waals surface area contributed by atoms with Crippen LogP contribution in [0.4, 0.5) is 0 Å². The van der Waals surface area contributed by atoms with E-state index >= 15 is 0 Å². The van der Waals surface area contributed by atoms with Crippen molar-refractivity contribution < 1.29 is 0 Å². The minimum atomic E-state index is 0.395. The van der Waals surface area contributed by atoms with Gasteiger partial charge in [-0.15, -0.1) is 11.6 Å². The monoisotopic (exact) mass is 263 g/mol. The second-order valence-electron chi connectivity index (χ2n) is 5.11. The molecule has 1 aliphatic rings. The summed E-state index contributed by atoms with van der Waals surface area (Å²) in [5, 5.41) is 3.89. The predicted molar refractivity (Wildman–Crippen MR) is 73.9 cm³/mol. The Bertz CT molecular complexity index is 489. The van der Waals surface area contributed by atoms with Crippen molar-refractivity contribution in [3.05, 3.63) is 36.3 Å². The molecule has 0 bridgehead atoms. The zero-order valence-corrected chi connectivity index (χ0v) is 11.1. The Morgan fingerprint density at radius 1 is 1.39 bits per heavy atom. The topological polar surface area (TPSA) is 29.3 Å². The van der Waals surface area contributed by atoms with Crippen LogP contribution < -0.4 is 5.32 Å². The summed E-state index contributed by atoms with van der Waals surface area (Å²) in [5.41, 5.74) is 2.11. The van der Waals surface area contributed by atoms with Gasteiger partial charge in [0.15, 0.2) is 0 Å². The standard InChI is InChI=1S/C14H18ClN3/c15-12-5-4-11(7-12)8-16-9-13-10-18-6-2-1-3-14(18)17-13/h1-3,6,10-12,16H,4-5,7-9H2. The molecule has 4 heteroatoms. The molecule has 1 saturated carbocycles. The van der Waals surface area contributed by atoms with E-state index in [9.17, 15) is 0 Å². The lowest BCUT2D eigenvalue weighted by Gasteiger charge is -2.09. The lowest BCUT2D eigenvalue weighted by atomic mass is 10.1. The number of nitrogens with one attached hydrogen (secondary N) is 1. The van der Waals surface area contributed by atoms with Gasteiger partial charge in [0.05, 0.1) is 5.69 Å². The lowest BCUT2D eigenvalue weighted by Crippen LogP contribution is -2.21. The van der Waals surface area contributed by atoms with Gasteiger partial charge in [-0.2, -0.15) is 0 Å². The third-order valence-electron chi connectivity index (χ3n) is 3.63. The Kier molecular flexibility index (Phi) is 3.52. The SMILES string of the molecule is ClC1CCC(CNCc2cn3ccccc3n2)C1. The van der Waals surface area contributed by atoms with E-state index in [1.54, 1.807) is 0 Å². The molecule has 1 fully saturated rings. The summed E-state index contributed by atoms with van der Waals surface area (Å²) in [5.74, 6) is 0.740. The van der Waals surface area contributed by atoms with Crippen molar-refractivity contribution >= 4 is 17.2 Å². The number of alkyl halides is 1. The van der Waals surface area contributed by atoms with Crippen molar-refractivity contribution in [2.24, 2.45) is 5.92 Å². The van der Waals surface area contributed by atoms with Crippen LogP contribution in [-0.2, 0) is 6.54 Å². The summed E-state index contributed by atoms with van der Waals surface area (Å²) in [7, 11) is 0. The molecule has 3 nitrogen and oxygen atoms in total. The van der Waals surface area contributed by atoms with Crippen molar-refractivity contribution in [3.63, 3.8) is 0 Å². The van der Waals surface area contributed by atoms with E-state index < -0.39 is 0 Å². The fourth-order valence-electron chi connectivity index (χ4n) is 2.68. The molecule has 2 atom stereocenters. The summed E-state index contributed by atoms with van der Waals surface area (Å²) in [4.78, 5) is 4.57. The molecular formula is C14H18ClN3. The highest BCUT2D eigenvalue weighted by Gasteiger charge is 2.22. The maximum Gasteiger partial charge on any atom is 0.137 e. The van der Waals surface area contributed by atoms with Crippen LogP contribution in [0.25, 0.3) is 5.65 Å². The normalized spacial score (nSPS) is 23.8. The highest BCUT2D eigenvalue weighted by atomic mass is 35.5. The van der Waals surface area contributed by atoms with Gasteiger partial charge in [0, 0.05) is 24.3 Å². The van der Waals surface area contributed by atoms with Crippen LogP contribution in [-0.4, -0.2) is 21.3 Å². The molecule has 2 heterocycles. The number of pyridine rings is 1. The molecule has 2 aromatic heterocycles. The number of nitrogens with zero attached hydrogens (tertiary/aromatic N) is 2. The van der Waals surface area contributed by atoms with Gasteiger partial charge in [0.1, 0.15) is 5.65 Å². The second kappa shape index (κ2) is 5.29. The number of hydrogen-bond donors (Lipinski definition) is 1. The molecule has 96 valence electrons. The second-order valence-corrected chi connectivity index (χ2v) is 5.72. The van der Waals surface area contributed by atoms with Gasteiger partial charge < -0.3 is 9.72 Å². The van der Waals surface area contributed by atoms with E-state index in [0.29, 0.717) is 5.38 Å². The Balaban J connectivity index is 1.53. The highest BCUT2D eigenvalue weighted by Crippen LogP contribution is 2.28. The summed E-state index contributed by atoms with van der Waals surface area (Å²) < 4.78 is 2.06. The fraction of sp³-hybridized carbons (Fsp3) is 0.500. The first-order chi connectivity index (χ1) is 8.81. The van der Waals surface area contributed by atoms with Crippen molar-refractivity contribution in [1.82, 2.24) is 14.7 Å². The molecule has 1 aliphatic carbocycles. The van der Waals surface area contributed by atoms with Gasteiger partial charge in [-0.3, -0.25) is 0 Å². The van der Waals surface area contributed by atoms with E-state index in [-0.39, 0.29) is 0 Å². The van der Waals surface area contributed by atoms with Crippen molar-refractivity contribution in [1.29, 1.82) is 0 Å². The Morgan fingerprint density at radius 3 is 3.11 bits per heavy atom. The Hall–Kier alpha value is -1.06. The lowest BCUT2D eigenvalue weighted by molar-refractivity contribution is 0.488. The van der Waals surface area contributed by atoms with Gasteiger partial charge in [0.25, 0.3) is 0 Å². The Morgan fingerprint density at radius 2 is 2.33 bits per heavy atom. The number of fused-ring (bicyclic) bond motifs is 1. The smallest absolute Gasteiger partial charge is 0.137 e. The van der Waals surface area contributed by atoms with E-state index in [1.165, 1.54) is 12.8 Å². The van der Waals surface area contributed by atoms with Crippen LogP contribution in [0, 0.1) is 5.92 Å². The molecule has 0 spiro atoms. The zero-order chi connectivity index (χ0) is 12.4. The number of aromatic nitrogens is 2. The maximum absolute atomic E-state index is 6.11. The number of rotatable bonds is 4. The Labute approximate surface area is 112 Å². The molecular weight excluding hydrogens is 246 g/mol. The van der Waals surface area contributed by atoms with Crippen LogP contribution in [0.15, 0.2) is 30.6 Å². The van der Waals surface area contributed by atoms with Crippen LogP contribution in [0.5, 0.6) is 0 Å². The average Bonchev–Trinajstić information content (AvgIpc) is 2.95. The first-order valence-corrected chi connectivity index (χ1v) is 7.02. The van der Waals surface area contributed by atoms with Crippen LogP contribution in [0.1, 0.15) is 25.0 Å². The summed E-state index contributed by atoms with van der Waals surface area (Å²) in [6.45, 7) is 1.89. The maximum atomic E-state index is 6.11. The van der Waals surface area contributed by atoms with Gasteiger partial charge in [-0.1, -0.05) is 6.07 Å². The molecule has 2 aromatic rings. The molecule has 1 N–H and O–H groups in total. The third-order valence-corrected chi connectivity index (χ3v) is 4.03. The van der Waals surface area contributed by atoms with E-state index in [4.69, 9.17) is 11.6 Å². The first kappa shape index (κ1) is 12.0. The molecule has 18 heavy (non-hydrogen) atoms. The number of imidazole rings is 1. The quantitative estimate of drug-likeness (QED) is 0.860. The van der Waals surface area contributed by atoms with Crippen LogP contribution in [0.3, 0.4) is 0 Å². The molecule has 0 saturated heterocycles. The van der Waals surface area contributed by atoms with Crippen LogP contribution >= 0.6 is 11.6 Å². The predicted octanol–water partition coefficient (Wildman–Crippen LogP) is 2.83. The molecule has 3 rings (SSSR count). The first-order valence-electron chi connectivity index (χ1n) is 6.58. The summed E-state index contributed by atoms with van der Waals surface area (Å²) >= 11 is 6.11. The van der Waals surface area contributed by atoms with Crippen LogP contribution in [0.2, 0.25) is 0 Å². The summed E-state index contributed by atoms with van der Waals surface area (Å²) in [6, 6.07) is 6.06. The van der Waals surface area contributed by atoms with Gasteiger partial charge in [0.2, 0.25) is 0 Å². The molecule has 0 radical (unpaired) electrons. The third kappa shape index (κ3) is 2.68. The molecule has 2 unspecified atom stereocenters. The van der Waals surface area contributed by atoms with Gasteiger partial charge in [-0.05, 0) is 43.9 Å². The minimum Gasteiger partial charge on any atom is -0.311 e. The fourth-order valence-corrected chi connectivity index (χ4v) is 3.05. The average molecular weight is 264 g/mol. The highest BCUT2D eigenvalue weighted by molar-refractivity contribution is 6.20. The van der Waals surface area contributed by atoms with Gasteiger partial charge >= 0.3 is 0 Å². The van der Waals surface area contributed by atoms with E-state index in [1.807, 2.05) is 24.4 Å². The zero-order valence-electron chi connectivity index (χ0n) is 10.3. The van der Waals surface area contributed by atoms with E-state index in [0.717, 1.165) is 36.8 Å². The van der Waals surface area contributed by atoms with Crippen molar-refractivity contribution in [3.8, 4) is 0 Å². The largest absolute Gasteiger partial charge is 0.311 e. The summed E-state index contributed by atoms with van der Waals surface area (Å²) in [6.07, 6.45) is 7.69. The molecule has 0 aliphatic heterocycles. The molecule has 0 amide bonds. The number of hydrogen-bond acceptors (Lipinski definition) is 2. The van der Waals surface area contributed by atoms with Crippen molar-refractivity contribution in [2.75, 3.05) is 6.54 Å². The molecule has 0 aromatic carbocycles.